The molecule has 84 valence electrons. The highest BCUT2D eigenvalue weighted by Gasteiger charge is 2.00. The molecule has 0 spiro atoms. The zero-order valence-corrected chi connectivity index (χ0v) is 10.0. The van der Waals surface area contributed by atoms with Crippen LogP contribution in [0.25, 0.3) is 0 Å². The van der Waals surface area contributed by atoms with Crippen LogP contribution in [0.5, 0.6) is 0 Å². The van der Waals surface area contributed by atoms with Crippen molar-refractivity contribution >= 4 is 5.97 Å². The van der Waals surface area contributed by atoms with Gasteiger partial charge in [-0.25, -0.2) is 0 Å². The molecule has 0 aliphatic carbocycles. The molecular weight excluding hydrogens is 188 g/mol. The fraction of sp³-hybridized carbons (Fsp3) is 0.462. The molecule has 0 heterocycles. The van der Waals surface area contributed by atoms with E-state index >= 15 is 0 Å². The first-order chi connectivity index (χ1) is 7.22. The minimum absolute atomic E-state index is 0.151. The SMILES string of the molecule is CC.COC(=O)CCc1cccc(C)c1. The summed E-state index contributed by atoms with van der Waals surface area (Å²) in [5.41, 5.74) is 2.41. The number of ether oxygens (including phenoxy) is 1. The Morgan fingerprint density at radius 2 is 2.00 bits per heavy atom. The molecule has 0 unspecified atom stereocenters. The summed E-state index contributed by atoms with van der Waals surface area (Å²) in [4.78, 5) is 10.8. The van der Waals surface area contributed by atoms with E-state index in [-0.39, 0.29) is 5.97 Å². The van der Waals surface area contributed by atoms with Gasteiger partial charge in [0.15, 0.2) is 0 Å². The monoisotopic (exact) mass is 208 g/mol. The number of benzene rings is 1. The number of carbonyl (C=O) groups is 1. The highest BCUT2D eigenvalue weighted by Crippen LogP contribution is 2.06. The fourth-order valence-corrected chi connectivity index (χ4v) is 1.22. The Bertz CT molecular complexity index is 292. The van der Waals surface area contributed by atoms with Crippen molar-refractivity contribution < 1.29 is 9.53 Å². The van der Waals surface area contributed by atoms with Crippen LogP contribution < -0.4 is 0 Å². The average Bonchev–Trinajstić information content (AvgIpc) is 2.29. The van der Waals surface area contributed by atoms with Crippen molar-refractivity contribution in [2.75, 3.05) is 7.11 Å². The van der Waals surface area contributed by atoms with E-state index in [9.17, 15) is 4.79 Å². The van der Waals surface area contributed by atoms with Gasteiger partial charge in [-0.1, -0.05) is 43.7 Å². The number of methoxy groups -OCH3 is 1. The minimum Gasteiger partial charge on any atom is -0.469 e. The molecule has 0 atom stereocenters. The lowest BCUT2D eigenvalue weighted by molar-refractivity contribution is -0.140. The van der Waals surface area contributed by atoms with Crippen LogP contribution in [0.4, 0.5) is 0 Å². The number of esters is 1. The second-order valence-corrected chi connectivity index (χ2v) is 3.07. The molecule has 1 rings (SSSR count). The Morgan fingerprint density at radius 3 is 2.53 bits per heavy atom. The van der Waals surface area contributed by atoms with Gasteiger partial charge in [0, 0.05) is 6.42 Å². The van der Waals surface area contributed by atoms with E-state index < -0.39 is 0 Å². The van der Waals surface area contributed by atoms with Crippen molar-refractivity contribution in [1.82, 2.24) is 0 Å². The van der Waals surface area contributed by atoms with Crippen LogP contribution in [-0.4, -0.2) is 13.1 Å². The van der Waals surface area contributed by atoms with Crippen LogP contribution in [0, 0.1) is 6.92 Å². The second-order valence-electron chi connectivity index (χ2n) is 3.07. The molecule has 0 saturated heterocycles. The number of rotatable bonds is 3. The smallest absolute Gasteiger partial charge is 0.305 e. The van der Waals surface area contributed by atoms with Crippen LogP contribution >= 0.6 is 0 Å². The fourth-order valence-electron chi connectivity index (χ4n) is 1.22. The Morgan fingerprint density at radius 1 is 1.33 bits per heavy atom. The van der Waals surface area contributed by atoms with Gasteiger partial charge >= 0.3 is 5.97 Å². The highest BCUT2D eigenvalue weighted by atomic mass is 16.5. The number of hydrogen-bond acceptors (Lipinski definition) is 2. The van der Waals surface area contributed by atoms with E-state index in [0.717, 1.165) is 6.42 Å². The van der Waals surface area contributed by atoms with Crippen LogP contribution in [0.15, 0.2) is 24.3 Å². The van der Waals surface area contributed by atoms with Crippen LogP contribution in [0.1, 0.15) is 31.4 Å². The zero-order valence-electron chi connectivity index (χ0n) is 10.0. The summed E-state index contributed by atoms with van der Waals surface area (Å²) in [5, 5.41) is 0. The van der Waals surface area contributed by atoms with Gasteiger partial charge in [-0.15, -0.1) is 0 Å². The first-order valence-electron chi connectivity index (χ1n) is 5.34. The van der Waals surface area contributed by atoms with E-state index in [4.69, 9.17) is 0 Å². The summed E-state index contributed by atoms with van der Waals surface area (Å²) in [5.74, 6) is -0.151. The van der Waals surface area contributed by atoms with E-state index in [2.05, 4.69) is 10.8 Å². The van der Waals surface area contributed by atoms with E-state index in [0.29, 0.717) is 6.42 Å². The first kappa shape index (κ1) is 13.7. The molecule has 2 heteroatoms. The summed E-state index contributed by atoms with van der Waals surface area (Å²) >= 11 is 0. The number of aryl methyl sites for hydroxylation is 2. The predicted molar refractivity (Wildman–Crippen MR) is 62.9 cm³/mol. The van der Waals surface area contributed by atoms with Gasteiger partial charge in [0.1, 0.15) is 0 Å². The number of hydrogen-bond donors (Lipinski definition) is 0. The maximum absolute atomic E-state index is 10.8. The summed E-state index contributed by atoms with van der Waals surface area (Å²) in [6.07, 6.45) is 1.22. The molecule has 2 nitrogen and oxygen atoms in total. The third-order valence-corrected chi connectivity index (χ3v) is 1.93. The van der Waals surface area contributed by atoms with Crippen molar-refractivity contribution in [3.63, 3.8) is 0 Å². The van der Waals surface area contributed by atoms with Crippen molar-refractivity contribution in [1.29, 1.82) is 0 Å². The summed E-state index contributed by atoms with van der Waals surface area (Å²) in [6.45, 7) is 6.04. The Labute approximate surface area is 92.3 Å². The largest absolute Gasteiger partial charge is 0.469 e. The quantitative estimate of drug-likeness (QED) is 0.713. The van der Waals surface area contributed by atoms with Gasteiger partial charge in [-0.05, 0) is 18.9 Å². The van der Waals surface area contributed by atoms with Gasteiger partial charge in [-0.3, -0.25) is 4.79 Å². The lowest BCUT2D eigenvalue weighted by Gasteiger charge is -2.01. The van der Waals surface area contributed by atoms with Crippen LogP contribution in [0.3, 0.4) is 0 Å². The second kappa shape index (κ2) is 8.04. The van der Waals surface area contributed by atoms with Gasteiger partial charge < -0.3 is 4.74 Å². The summed E-state index contributed by atoms with van der Waals surface area (Å²) in [7, 11) is 1.42. The standard InChI is InChI=1S/C11H14O2.C2H6/c1-9-4-3-5-10(8-9)6-7-11(12)13-2;1-2/h3-5,8H,6-7H2,1-2H3;1-2H3. The lowest BCUT2D eigenvalue weighted by atomic mass is 10.1. The molecular formula is C13H20O2. The molecule has 0 amide bonds. The van der Waals surface area contributed by atoms with E-state index in [1.807, 2.05) is 39.0 Å². The van der Waals surface area contributed by atoms with E-state index in [1.54, 1.807) is 0 Å². The Balaban J connectivity index is 0.000000921. The summed E-state index contributed by atoms with van der Waals surface area (Å²) < 4.78 is 4.56. The lowest BCUT2D eigenvalue weighted by Crippen LogP contribution is -2.01. The maximum atomic E-state index is 10.8. The molecule has 0 aromatic heterocycles. The molecule has 0 aliphatic heterocycles. The van der Waals surface area contributed by atoms with Gasteiger partial charge in [0.2, 0.25) is 0 Å². The van der Waals surface area contributed by atoms with Gasteiger partial charge in [-0.2, -0.15) is 0 Å². The molecule has 0 fully saturated rings. The van der Waals surface area contributed by atoms with Crippen LogP contribution in [0.2, 0.25) is 0 Å². The van der Waals surface area contributed by atoms with Crippen molar-refractivity contribution in [2.45, 2.75) is 33.6 Å². The molecule has 0 radical (unpaired) electrons. The molecule has 15 heavy (non-hydrogen) atoms. The van der Waals surface area contributed by atoms with E-state index in [1.165, 1.54) is 18.2 Å². The van der Waals surface area contributed by atoms with Crippen LogP contribution in [-0.2, 0) is 16.0 Å². The van der Waals surface area contributed by atoms with Crippen molar-refractivity contribution in [2.24, 2.45) is 0 Å². The minimum atomic E-state index is -0.151. The predicted octanol–water partition coefficient (Wildman–Crippen LogP) is 3.13. The maximum Gasteiger partial charge on any atom is 0.305 e. The highest BCUT2D eigenvalue weighted by molar-refractivity contribution is 5.69. The summed E-state index contributed by atoms with van der Waals surface area (Å²) in [6, 6.07) is 8.16. The molecule has 0 bridgehead atoms. The van der Waals surface area contributed by atoms with Crippen molar-refractivity contribution in [3.05, 3.63) is 35.4 Å². The Kier molecular flexibility index (Phi) is 7.33. The normalized spacial score (nSPS) is 8.80. The topological polar surface area (TPSA) is 26.3 Å². The van der Waals surface area contributed by atoms with Crippen molar-refractivity contribution in [3.8, 4) is 0 Å². The molecule has 0 aliphatic rings. The zero-order chi connectivity index (χ0) is 11.7. The molecule has 0 saturated carbocycles. The van der Waals surface area contributed by atoms with Gasteiger partial charge in [0.05, 0.1) is 7.11 Å². The average molecular weight is 208 g/mol. The number of carbonyl (C=O) groups excluding carboxylic acids is 1. The Hall–Kier alpha value is -1.31. The molecule has 1 aromatic rings. The first-order valence-corrected chi connectivity index (χ1v) is 5.34. The third kappa shape index (κ3) is 5.89. The third-order valence-electron chi connectivity index (χ3n) is 1.93. The van der Waals surface area contributed by atoms with Gasteiger partial charge in [0.25, 0.3) is 0 Å². The molecule has 1 aromatic carbocycles. The molecule has 0 N–H and O–H groups in total.